The van der Waals surface area contributed by atoms with Crippen LogP contribution >= 0.6 is 15.9 Å². The standard InChI is InChI=1S/C21H27BrN4O3S/c1-16-15-18(26-13-11-25(2)12-14-26)5-8-20(16)24-21(27)9-10-23-30(28,29)19-6-3-17(22)4-7-19/h3-8,15,23H,9-14H2,1-2H3,(H,24,27). The zero-order chi connectivity index (χ0) is 21.7. The summed E-state index contributed by atoms with van der Waals surface area (Å²) in [6.45, 7) is 6.04. The fourth-order valence-electron chi connectivity index (χ4n) is 3.26. The molecular formula is C21H27BrN4O3S. The second-order valence-electron chi connectivity index (χ2n) is 7.44. The van der Waals surface area contributed by atoms with Crippen LogP contribution in [0, 0.1) is 6.92 Å². The van der Waals surface area contributed by atoms with Gasteiger partial charge in [0.1, 0.15) is 0 Å². The molecule has 2 N–H and O–H groups in total. The molecule has 9 heteroatoms. The van der Waals surface area contributed by atoms with Crippen molar-refractivity contribution in [3.63, 3.8) is 0 Å². The Hall–Kier alpha value is -1.94. The molecule has 30 heavy (non-hydrogen) atoms. The normalized spacial score (nSPS) is 15.2. The molecule has 1 fully saturated rings. The molecule has 0 bridgehead atoms. The predicted octanol–water partition coefficient (Wildman–Crippen LogP) is 2.82. The van der Waals surface area contributed by atoms with Crippen molar-refractivity contribution in [1.29, 1.82) is 0 Å². The summed E-state index contributed by atoms with van der Waals surface area (Å²) in [7, 11) is -1.51. The molecule has 1 aliphatic heterocycles. The molecule has 0 radical (unpaired) electrons. The van der Waals surface area contributed by atoms with Gasteiger partial charge in [-0.25, -0.2) is 13.1 Å². The van der Waals surface area contributed by atoms with Crippen LogP contribution in [-0.4, -0.2) is 59.0 Å². The minimum Gasteiger partial charge on any atom is -0.369 e. The van der Waals surface area contributed by atoms with Crippen LogP contribution in [0.2, 0.25) is 0 Å². The van der Waals surface area contributed by atoms with Gasteiger partial charge in [0.2, 0.25) is 15.9 Å². The minimum absolute atomic E-state index is 0.0304. The molecule has 1 amide bonds. The Labute approximate surface area is 186 Å². The number of hydrogen-bond donors (Lipinski definition) is 2. The Kier molecular flexibility index (Phi) is 7.51. The summed E-state index contributed by atoms with van der Waals surface area (Å²) in [5, 5.41) is 2.87. The maximum atomic E-state index is 12.3. The number of benzene rings is 2. The van der Waals surface area contributed by atoms with Gasteiger partial charge in [-0.15, -0.1) is 0 Å². The number of nitrogens with zero attached hydrogens (tertiary/aromatic N) is 2. The molecule has 7 nitrogen and oxygen atoms in total. The summed E-state index contributed by atoms with van der Waals surface area (Å²) < 4.78 is 27.8. The van der Waals surface area contributed by atoms with Crippen LogP contribution in [0.15, 0.2) is 51.8 Å². The molecular weight excluding hydrogens is 468 g/mol. The molecule has 0 aromatic heterocycles. The summed E-state index contributed by atoms with van der Waals surface area (Å²) in [6, 6.07) is 12.4. The molecule has 0 spiro atoms. The number of likely N-dealkylation sites (N-methyl/N-ethyl adjacent to an activating group) is 1. The zero-order valence-electron chi connectivity index (χ0n) is 17.2. The van der Waals surface area contributed by atoms with Gasteiger partial charge in [0.05, 0.1) is 4.90 Å². The van der Waals surface area contributed by atoms with Crippen LogP contribution in [0.5, 0.6) is 0 Å². The van der Waals surface area contributed by atoms with Crippen molar-refractivity contribution in [2.75, 3.05) is 50.0 Å². The molecule has 0 saturated carbocycles. The first-order valence-corrected chi connectivity index (χ1v) is 12.1. The van der Waals surface area contributed by atoms with E-state index in [2.05, 4.69) is 48.9 Å². The lowest BCUT2D eigenvalue weighted by Gasteiger charge is -2.34. The Morgan fingerprint density at radius 3 is 2.37 bits per heavy atom. The van der Waals surface area contributed by atoms with Crippen molar-refractivity contribution in [3.8, 4) is 0 Å². The largest absolute Gasteiger partial charge is 0.369 e. The number of piperazine rings is 1. The van der Waals surface area contributed by atoms with Crippen LogP contribution in [0.4, 0.5) is 11.4 Å². The van der Waals surface area contributed by atoms with Crippen molar-refractivity contribution < 1.29 is 13.2 Å². The lowest BCUT2D eigenvalue weighted by Crippen LogP contribution is -2.44. The van der Waals surface area contributed by atoms with Crippen molar-refractivity contribution in [3.05, 3.63) is 52.5 Å². The molecule has 2 aromatic rings. The number of sulfonamides is 1. The number of anilines is 2. The Morgan fingerprint density at radius 1 is 1.07 bits per heavy atom. The van der Waals surface area contributed by atoms with Gasteiger partial charge in [0.15, 0.2) is 0 Å². The number of rotatable bonds is 7. The lowest BCUT2D eigenvalue weighted by molar-refractivity contribution is -0.116. The third kappa shape index (κ3) is 6.04. The summed E-state index contributed by atoms with van der Waals surface area (Å²) in [5.74, 6) is -0.232. The highest BCUT2D eigenvalue weighted by atomic mass is 79.9. The van der Waals surface area contributed by atoms with Crippen molar-refractivity contribution in [1.82, 2.24) is 9.62 Å². The van der Waals surface area contributed by atoms with Gasteiger partial charge in [-0.3, -0.25) is 4.79 Å². The smallest absolute Gasteiger partial charge is 0.240 e. The maximum Gasteiger partial charge on any atom is 0.240 e. The Balaban J connectivity index is 1.51. The van der Waals surface area contributed by atoms with Crippen LogP contribution in [0.25, 0.3) is 0 Å². The minimum atomic E-state index is -3.64. The molecule has 1 aliphatic rings. The van der Waals surface area contributed by atoms with Crippen LogP contribution < -0.4 is 14.9 Å². The molecule has 1 heterocycles. The van der Waals surface area contributed by atoms with E-state index in [9.17, 15) is 13.2 Å². The molecule has 0 atom stereocenters. The van der Waals surface area contributed by atoms with Crippen molar-refractivity contribution in [2.45, 2.75) is 18.2 Å². The van der Waals surface area contributed by atoms with Gasteiger partial charge in [-0.05, 0) is 62.0 Å². The van der Waals surface area contributed by atoms with E-state index in [0.29, 0.717) is 0 Å². The summed E-state index contributed by atoms with van der Waals surface area (Å²) in [5.41, 5.74) is 2.88. The van der Waals surface area contributed by atoms with E-state index in [-0.39, 0.29) is 23.8 Å². The van der Waals surface area contributed by atoms with E-state index in [1.54, 1.807) is 12.1 Å². The van der Waals surface area contributed by atoms with Gasteiger partial charge in [-0.1, -0.05) is 15.9 Å². The molecule has 1 saturated heterocycles. The topological polar surface area (TPSA) is 81.8 Å². The third-order valence-electron chi connectivity index (χ3n) is 5.12. The molecule has 162 valence electrons. The van der Waals surface area contributed by atoms with E-state index >= 15 is 0 Å². The second kappa shape index (κ2) is 9.91. The Bertz CT molecular complexity index is 988. The first-order chi connectivity index (χ1) is 14.2. The first-order valence-electron chi connectivity index (χ1n) is 9.84. The highest BCUT2D eigenvalue weighted by molar-refractivity contribution is 9.10. The van der Waals surface area contributed by atoms with Crippen LogP contribution in [-0.2, 0) is 14.8 Å². The average molecular weight is 495 g/mol. The molecule has 0 aliphatic carbocycles. The number of amides is 1. The second-order valence-corrected chi connectivity index (χ2v) is 10.1. The number of carbonyl (C=O) groups is 1. The van der Waals surface area contributed by atoms with Crippen molar-refractivity contribution >= 4 is 43.2 Å². The number of aryl methyl sites for hydroxylation is 1. The van der Waals surface area contributed by atoms with Gasteiger partial charge in [-0.2, -0.15) is 0 Å². The van der Waals surface area contributed by atoms with E-state index in [4.69, 9.17) is 0 Å². The number of hydrogen-bond acceptors (Lipinski definition) is 5. The SMILES string of the molecule is Cc1cc(N2CCN(C)CC2)ccc1NC(=O)CCNS(=O)(=O)c1ccc(Br)cc1. The highest BCUT2D eigenvalue weighted by Crippen LogP contribution is 2.24. The van der Waals surface area contributed by atoms with Gasteiger partial charge in [0, 0.05) is 55.0 Å². The third-order valence-corrected chi connectivity index (χ3v) is 7.13. The van der Waals surface area contributed by atoms with E-state index in [1.807, 2.05) is 19.1 Å². The summed E-state index contributed by atoms with van der Waals surface area (Å²) >= 11 is 3.28. The lowest BCUT2D eigenvalue weighted by atomic mass is 10.1. The quantitative estimate of drug-likeness (QED) is 0.618. The monoisotopic (exact) mass is 494 g/mol. The summed E-state index contributed by atoms with van der Waals surface area (Å²) in [4.78, 5) is 17.1. The number of nitrogens with one attached hydrogen (secondary N) is 2. The fourth-order valence-corrected chi connectivity index (χ4v) is 4.55. The summed E-state index contributed by atoms with van der Waals surface area (Å²) in [6.07, 6.45) is 0.0510. The Morgan fingerprint density at radius 2 is 1.73 bits per heavy atom. The van der Waals surface area contributed by atoms with Crippen LogP contribution in [0.1, 0.15) is 12.0 Å². The van der Waals surface area contributed by atoms with E-state index < -0.39 is 10.0 Å². The van der Waals surface area contributed by atoms with Gasteiger partial charge < -0.3 is 15.1 Å². The van der Waals surface area contributed by atoms with E-state index in [1.165, 1.54) is 12.1 Å². The van der Waals surface area contributed by atoms with Gasteiger partial charge >= 0.3 is 0 Å². The average Bonchev–Trinajstić information content (AvgIpc) is 2.70. The highest BCUT2D eigenvalue weighted by Gasteiger charge is 2.16. The van der Waals surface area contributed by atoms with Gasteiger partial charge in [0.25, 0.3) is 0 Å². The fraction of sp³-hybridized carbons (Fsp3) is 0.381. The number of halogens is 1. The molecule has 3 rings (SSSR count). The first kappa shape index (κ1) is 22.7. The predicted molar refractivity (Wildman–Crippen MR) is 123 cm³/mol. The van der Waals surface area contributed by atoms with Crippen molar-refractivity contribution in [2.24, 2.45) is 0 Å². The van der Waals surface area contributed by atoms with Crippen LogP contribution in [0.3, 0.4) is 0 Å². The maximum absolute atomic E-state index is 12.3. The molecule has 0 unspecified atom stereocenters. The molecule has 2 aromatic carbocycles. The number of carbonyl (C=O) groups excluding carboxylic acids is 1. The van der Waals surface area contributed by atoms with E-state index in [0.717, 1.165) is 47.6 Å². The zero-order valence-corrected chi connectivity index (χ0v) is 19.6.